The fraction of sp³-hybridized carbons (Fsp3) is 0.684. The number of hydrogen-bond acceptors (Lipinski definition) is 3. The number of halogens is 1. The first-order valence-corrected chi connectivity index (χ1v) is 9.95. The van der Waals surface area contributed by atoms with E-state index in [0.717, 1.165) is 44.0 Å². The van der Waals surface area contributed by atoms with Crippen molar-refractivity contribution in [3.8, 4) is 0 Å². The minimum Gasteiger partial charge on any atom is -0.338 e. The van der Waals surface area contributed by atoms with Crippen LogP contribution in [0.25, 0.3) is 0 Å². The second kappa shape index (κ2) is 13.3. The summed E-state index contributed by atoms with van der Waals surface area (Å²) in [5, 5.41) is 3.06. The van der Waals surface area contributed by atoms with E-state index in [0.29, 0.717) is 6.54 Å². The maximum Gasteiger partial charge on any atom is 0.317 e. The molecule has 0 unspecified atom stereocenters. The molecule has 1 aliphatic rings. The van der Waals surface area contributed by atoms with E-state index in [2.05, 4.69) is 22.9 Å². The van der Waals surface area contributed by atoms with Crippen LogP contribution >= 0.6 is 25.0 Å². The molecule has 2 amide bonds. The van der Waals surface area contributed by atoms with Gasteiger partial charge >= 0.3 is 6.03 Å². The van der Waals surface area contributed by atoms with Crippen molar-refractivity contribution in [2.75, 3.05) is 25.4 Å². The van der Waals surface area contributed by atoms with Gasteiger partial charge in [0.2, 0.25) is 0 Å². The van der Waals surface area contributed by atoms with Crippen LogP contribution in [0.5, 0.6) is 0 Å². The van der Waals surface area contributed by atoms with Crippen molar-refractivity contribution in [2.45, 2.75) is 51.4 Å². The average Bonchev–Trinajstić information content (AvgIpc) is 2.64. The SMILES string of the molecule is Cl.O=C(NCCCc1ccncc1)N(CCS)CCC1CCCCC1. The Morgan fingerprint density at radius 2 is 1.92 bits per heavy atom. The molecule has 1 aromatic rings. The number of rotatable bonds is 9. The molecule has 0 saturated heterocycles. The molecule has 0 atom stereocenters. The van der Waals surface area contributed by atoms with Gasteiger partial charge in [-0.2, -0.15) is 12.6 Å². The Hall–Kier alpha value is -0.940. The molecular weight excluding hydrogens is 354 g/mol. The number of nitrogens with zero attached hydrogens (tertiary/aromatic N) is 2. The Morgan fingerprint density at radius 1 is 1.20 bits per heavy atom. The third kappa shape index (κ3) is 8.82. The Labute approximate surface area is 164 Å². The van der Waals surface area contributed by atoms with Crippen LogP contribution in [0.1, 0.15) is 50.5 Å². The van der Waals surface area contributed by atoms with E-state index in [4.69, 9.17) is 0 Å². The maximum atomic E-state index is 12.4. The van der Waals surface area contributed by atoms with E-state index >= 15 is 0 Å². The molecule has 142 valence electrons. The number of aromatic nitrogens is 1. The van der Waals surface area contributed by atoms with Crippen LogP contribution in [-0.4, -0.2) is 41.3 Å². The zero-order chi connectivity index (χ0) is 17.0. The minimum absolute atomic E-state index is 0. The summed E-state index contributed by atoms with van der Waals surface area (Å²) >= 11 is 4.30. The zero-order valence-electron chi connectivity index (χ0n) is 15.0. The lowest BCUT2D eigenvalue weighted by Gasteiger charge is -2.27. The zero-order valence-corrected chi connectivity index (χ0v) is 16.7. The number of carbonyl (C=O) groups is 1. The van der Waals surface area contributed by atoms with E-state index in [1.54, 1.807) is 0 Å². The molecule has 1 aliphatic carbocycles. The fourth-order valence-electron chi connectivity index (χ4n) is 3.40. The summed E-state index contributed by atoms with van der Waals surface area (Å²) in [6.07, 6.45) is 13.5. The normalized spacial score (nSPS) is 14.6. The second-order valence-electron chi connectivity index (χ2n) is 6.69. The highest BCUT2D eigenvalue weighted by Gasteiger charge is 2.17. The highest BCUT2D eigenvalue weighted by molar-refractivity contribution is 7.80. The summed E-state index contributed by atoms with van der Waals surface area (Å²) in [7, 11) is 0. The van der Waals surface area contributed by atoms with E-state index in [1.165, 1.54) is 37.7 Å². The molecule has 1 saturated carbocycles. The van der Waals surface area contributed by atoms with Gasteiger partial charge in [-0.3, -0.25) is 4.98 Å². The standard InChI is InChI=1S/C19H31N3OS.ClH/c23-19(21-11-4-7-18-8-12-20-13-9-18)22(15-16-24)14-10-17-5-2-1-3-6-17;/h8-9,12-13,17,24H,1-7,10-11,14-16H2,(H,21,23);1H. The third-order valence-electron chi connectivity index (χ3n) is 4.86. The maximum absolute atomic E-state index is 12.4. The largest absolute Gasteiger partial charge is 0.338 e. The van der Waals surface area contributed by atoms with Gasteiger partial charge in [-0.1, -0.05) is 32.1 Å². The van der Waals surface area contributed by atoms with Crippen LogP contribution in [0.15, 0.2) is 24.5 Å². The molecule has 1 aromatic heterocycles. The molecule has 0 radical (unpaired) electrons. The van der Waals surface area contributed by atoms with Gasteiger partial charge in [0.05, 0.1) is 0 Å². The molecule has 1 heterocycles. The van der Waals surface area contributed by atoms with Gasteiger partial charge in [0.25, 0.3) is 0 Å². The summed E-state index contributed by atoms with van der Waals surface area (Å²) < 4.78 is 0. The number of carbonyl (C=O) groups excluding carboxylic acids is 1. The summed E-state index contributed by atoms with van der Waals surface area (Å²) in [5.74, 6) is 1.52. The lowest BCUT2D eigenvalue weighted by atomic mass is 9.87. The Balaban J connectivity index is 0.00000312. The van der Waals surface area contributed by atoms with Crippen molar-refractivity contribution in [2.24, 2.45) is 5.92 Å². The molecule has 1 N–H and O–H groups in total. The van der Waals surface area contributed by atoms with E-state index in [1.807, 2.05) is 29.4 Å². The van der Waals surface area contributed by atoms with Gasteiger partial charge in [0, 0.05) is 37.8 Å². The van der Waals surface area contributed by atoms with Crippen molar-refractivity contribution in [3.63, 3.8) is 0 Å². The molecule has 0 aliphatic heterocycles. The quantitative estimate of drug-likeness (QED) is 0.490. The first-order valence-electron chi connectivity index (χ1n) is 9.32. The molecule has 0 spiro atoms. The monoisotopic (exact) mass is 385 g/mol. The van der Waals surface area contributed by atoms with Crippen LogP contribution in [-0.2, 0) is 6.42 Å². The van der Waals surface area contributed by atoms with Crippen LogP contribution < -0.4 is 5.32 Å². The molecule has 2 rings (SSSR count). The highest BCUT2D eigenvalue weighted by Crippen LogP contribution is 2.26. The van der Waals surface area contributed by atoms with Gasteiger partial charge < -0.3 is 10.2 Å². The second-order valence-corrected chi connectivity index (χ2v) is 7.14. The van der Waals surface area contributed by atoms with Gasteiger partial charge in [-0.15, -0.1) is 12.4 Å². The number of nitrogens with one attached hydrogen (secondary N) is 1. The van der Waals surface area contributed by atoms with Crippen molar-refractivity contribution in [3.05, 3.63) is 30.1 Å². The number of amides is 2. The van der Waals surface area contributed by atoms with Crippen LogP contribution in [0.2, 0.25) is 0 Å². The lowest BCUT2D eigenvalue weighted by Crippen LogP contribution is -2.42. The Morgan fingerprint density at radius 3 is 2.60 bits per heavy atom. The third-order valence-corrected chi connectivity index (χ3v) is 5.06. The Bertz CT molecular complexity index is 469. The van der Waals surface area contributed by atoms with Crippen molar-refractivity contribution < 1.29 is 4.79 Å². The average molecular weight is 386 g/mol. The van der Waals surface area contributed by atoms with Crippen LogP contribution in [0, 0.1) is 5.92 Å². The molecule has 4 nitrogen and oxygen atoms in total. The smallest absolute Gasteiger partial charge is 0.317 e. The van der Waals surface area contributed by atoms with Crippen LogP contribution in [0.3, 0.4) is 0 Å². The lowest BCUT2D eigenvalue weighted by molar-refractivity contribution is 0.193. The van der Waals surface area contributed by atoms with Gasteiger partial charge in [-0.05, 0) is 42.9 Å². The van der Waals surface area contributed by atoms with E-state index in [9.17, 15) is 4.79 Å². The number of thiol groups is 1. The number of aryl methyl sites for hydroxylation is 1. The van der Waals surface area contributed by atoms with Crippen molar-refractivity contribution >= 4 is 31.1 Å². The minimum atomic E-state index is 0. The number of hydrogen-bond donors (Lipinski definition) is 2. The predicted octanol–water partition coefficient (Wildman–Crippen LogP) is 4.35. The van der Waals surface area contributed by atoms with Crippen molar-refractivity contribution in [1.82, 2.24) is 15.2 Å². The van der Waals surface area contributed by atoms with Crippen molar-refractivity contribution in [1.29, 1.82) is 0 Å². The fourth-order valence-corrected chi connectivity index (χ4v) is 3.64. The van der Waals surface area contributed by atoms with E-state index < -0.39 is 0 Å². The van der Waals surface area contributed by atoms with Crippen LogP contribution in [0.4, 0.5) is 4.79 Å². The highest BCUT2D eigenvalue weighted by atomic mass is 35.5. The molecule has 1 fully saturated rings. The molecule has 0 bridgehead atoms. The summed E-state index contributed by atoms with van der Waals surface area (Å²) in [6, 6.07) is 4.12. The summed E-state index contributed by atoms with van der Waals surface area (Å²) in [5.41, 5.74) is 1.27. The predicted molar refractivity (Wildman–Crippen MR) is 110 cm³/mol. The summed E-state index contributed by atoms with van der Waals surface area (Å²) in [6.45, 7) is 2.31. The first kappa shape index (κ1) is 22.1. The number of urea groups is 1. The van der Waals surface area contributed by atoms with Gasteiger partial charge in [-0.25, -0.2) is 4.79 Å². The Kier molecular flexibility index (Phi) is 11.7. The number of pyridine rings is 1. The molecule has 25 heavy (non-hydrogen) atoms. The first-order chi connectivity index (χ1) is 11.8. The topological polar surface area (TPSA) is 45.2 Å². The van der Waals surface area contributed by atoms with Gasteiger partial charge in [0.15, 0.2) is 0 Å². The van der Waals surface area contributed by atoms with E-state index in [-0.39, 0.29) is 18.4 Å². The molecule has 0 aromatic carbocycles. The molecular formula is C19H32ClN3OS. The van der Waals surface area contributed by atoms with Gasteiger partial charge in [0.1, 0.15) is 0 Å². The molecule has 6 heteroatoms. The summed E-state index contributed by atoms with van der Waals surface area (Å²) in [4.78, 5) is 18.3.